The zero-order valence-corrected chi connectivity index (χ0v) is 20.5. The van der Waals surface area contributed by atoms with Gasteiger partial charge in [0, 0.05) is 45.7 Å². The van der Waals surface area contributed by atoms with Crippen LogP contribution in [0.2, 0.25) is 0 Å². The molecule has 0 unspecified atom stereocenters. The highest BCUT2D eigenvalue weighted by molar-refractivity contribution is 5.77. The van der Waals surface area contributed by atoms with Gasteiger partial charge in [-0.2, -0.15) is 0 Å². The third kappa shape index (κ3) is 4.29. The number of ether oxygens (including phenoxy) is 4. The highest BCUT2D eigenvalue weighted by Crippen LogP contribution is 2.59. The van der Waals surface area contributed by atoms with Gasteiger partial charge in [0.25, 0.3) is 0 Å². The summed E-state index contributed by atoms with van der Waals surface area (Å²) < 4.78 is 23.2. The highest BCUT2D eigenvalue weighted by atomic mass is 16.7. The number of hydrogen-bond donors (Lipinski definition) is 0. The van der Waals surface area contributed by atoms with Crippen LogP contribution in [0.4, 0.5) is 4.79 Å². The molecule has 0 bridgehead atoms. The summed E-state index contributed by atoms with van der Waals surface area (Å²) in [6, 6.07) is -0.664. The van der Waals surface area contributed by atoms with E-state index in [9.17, 15) is 9.59 Å². The molecule has 2 heterocycles. The molecular formula is C24H40N2O6. The van der Waals surface area contributed by atoms with Crippen molar-refractivity contribution < 1.29 is 28.5 Å². The van der Waals surface area contributed by atoms with E-state index < -0.39 is 17.4 Å². The van der Waals surface area contributed by atoms with Crippen molar-refractivity contribution in [3.8, 4) is 0 Å². The van der Waals surface area contributed by atoms with Gasteiger partial charge in [0.15, 0.2) is 5.79 Å². The molecule has 0 aromatic heterocycles. The number of carbonyl (C=O) groups is 2. The van der Waals surface area contributed by atoms with Gasteiger partial charge in [-0.05, 0) is 52.9 Å². The number of methoxy groups -OCH3 is 2. The summed E-state index contributed by atoms with van der Waals surface area (Å²) in [5.74, 6) is -0.777. The zero-order chi connectivity index (χ0) is 23.7. The number of likely N-dealkylation sites (tertiary alicyclic amines) is 2. The van der Waals surface area contributed by atoms with Crippen LogP contribution in [0.5, 0.6) is 0 Å². The van der Waals surface area contributed by atoms with E-state index >= 15 is 0 Å². The van der Waals surface area contributed by atoms with Crippen LogP contribution in [0, 0.1) is 11.3 Å². The average Bonchev–Trinajstić information content (AvgIpc) is 3.06. The van der Waals surface area contributed by atoms with Crippen molar-refractivity contribution in [3.63, 3.8) is 0 Å². The fraction of sp³-hybridized carbons (Fsp3) is 0.833. The molecule has 8 heteroatoms. The lowest BCUT2D eigenvalue weighted by Gasteiger charge is -2.58. The summed E-state index contributed by atoms with van der Waals surface area (Å²) in [5, 5.41) is 0. The van der Waals surface area contributed by atoms with Crippen molar-refractivity contribution in [1.82, 2.24) is 9.80 Å². The molecule has 2 saturated heterocycles. The molecule has 1 amide bonds. The fourth-order valence-corrected chi connectivity index (χ4v) is 6.27. The first-order valence-corrected chi connectivity index (χ1v) is 11.7. The minimum absolute atomic E-state index is 0.221. The van der Waals surface area contributed by atoms with Gasteiger partial charge in [0.2, 0.25) is 0 Å². The van der Waals surface area contributed by atoms with Gasteiger partial charge in [-0.25, -0.2) is 4.79 Å². The lowest BCUT2D eigenvalue weighted by atomic mass is 9.58. The molecule has 3 aliphatic rings. The quantitative estimate of drug-likeness (QED) is 0.348. The minimum Gasteiger partial charge on any atom is -0.465 e. The molecular weight excluding hydrogens is 412 g/mol. The van der Waals surface area contributed by atoms with E-state index in [1.165, 1.54) is 0 Å². The van der Waals surface area contributed by atoms with Crippen LogP contribution in [-0.4, -0.2) is 85.8 Å². The smallest absolute Gasteiger partial charge is 0.410 e. The first kappa shape index (κ1) is 25.0. The van der Waals surface area contributed by atoms with Crippen LogP contribution < -0.4 is 0 Å². The summed E-state index contributed by atoms with van der Waals surface area (Å²) in [5.41, 5.74) is -0.946. The number of rotatable bonds is 6. The van der Waals surface area contributed by atoms with E-state index in [1.807, 2.05) is 27.7 Å². The van der Waals surface area contributed by atoms with E-state index in [2.05, 4.69) is 11.5 Å². The third-order valence-corrected chi connectivity index (χ3v) is 7.39. The Kier molecular flexibility index (Phi) is 7.27. The number of nitrogens with zero attached hydrogens (tertiary/aromatic N) is 2. The minimum atomic E-state index is -0.877. The molecule has 1 aliphatic carbocycles. The van der Waals surface area contributed by atoms with Gasteiger partial charge in [0.05, 0.1) is 12.6 Å². The Morgan fingerprint density at radius 2 is 1.88 bits per heavy atom. The summed E-state index contributed by atoms with van der Waals surface area (Å²) in [4.78, 5) is 30.0. The average molecular weight is 453 g/mol. The van der Waals surface area contributed by atoms with Crippen LogP contribution in [-0.2, 0) is 23.7 Å². The Hall–Kier alpha value is -1.64. The normalized spacial score (nSPS) is 32.1. The monoisotopic (exact) mass is 452 g/mol. The van der Waals surface area contributed by atoms with Crippen molar-refractivity contribution >= 4 is 12.1 Å². The summed E-state index contributed by atoms with van der Waals surface area (Å²) in [7, 11) is 3.32. The zero-order valence-electron chi connectivity index (χ0n) is 20.5. The summed E-state index contributed by atoms with van der Waals surface area (Å²) in [6.07, 6.45) is 4.58. The van der Waals surface area contributed by atoms with Gasteiger partial charge in [-0.15, -0.1) is 6.58 Å². The van der Waals surface area contributed by atoms with Crippen molar-refractivity contribution in [3.05, 3.63) is 12.7 Å². The number of carbonyl (C=O) groups excluding carboxylic acids is 2. The SMILES string of the molecule is C=CCN1[C@@H](C(=O)OCC)C[C@]23CN(C(=O)OC(C)(C)C)CC[C@H]2CCC(OC)(OC)[C@H]13. The van der Waals surface area contributed by atoms with E-state index in [0.29, 0.717) is 38.6 Å². The molecule has 0 aromatic rings. The largest absolute Gasteiger partial charge is 0.465 e. The summed E-state index contributed by atoms with van der Waals surface area (Å²) >= 11 is 0. The lowest BCUT2D eigenvalue weighted by molar-refractivity contribution is -0.285. The standard InChI is InChI=1S/C24H40N2O6/c1-8-13-26-18(19(27)31-9-2)15-23-16-25(21(28)32-22(3,4)5)14-11-17(23)10-12-24(29-6,30-7)20(23)26/h8,17-18,20H,1,9-16H2,2-7H3/t17-,18-,20-,23+/m1/s1. The Bertz CT molecular complexity index is 716. The Morgan fingerprint density at radius 3 is 2.44 bits per heavy atom. The van der Waals surface area contributed by atoms with E-state index in [-0.39, 0.29) is 23.5 Å². The molecule has 182 valence electrons. The number of esters is 1. The highest BCUT2D eigenvalue weighted by Gasteiger charge is 2.68. The van der Waals surface area contributed by atoms with Gasteiger partial charge < -0.3 is 23.8 Å². The van der Waals surface area contributed by atoms with Crippen LogP contribution in [0.15, 0.2) is 12.7 Å². The first-order valence-electron chi connectivity index (χ1n) is 11.7. The number of hydrogen-bond acceptors (Lipinski definition) is 7. The van der Waals surface area contributed by atoms with E-state index in [0.717, 1.165) is 19.3 Å². The molecule has 0 N–H and O–H groups in total. The second kappa shape index (κ2) is 9.31. The van der Waals surface area contributed by atoms with Crippen molar-refractivity contribution in [2.24, 2.45) is 11.3 Å². The molecule has 32 heavy (non-hydrogen) atoms. The van der Waals surface area contributed by atoms with Crippen LogP contribution in [0.3, 0.4) is 0 Å². The Morgan fingerprint density at radius 1 is 1.19 bits per heavy atom. The maximum absolute atomic E-state index is 13.1. The van der Waals surface area contributed by atoms with Gasteiger partial charge in [-0.1, -0.05) is 6.08 Å². The van der Waals surface area contributed by atoms with E-state index in [1.54, 1.807) is 25.2 Å². The van der Waals surface area contributed by atoms with Crippen LogP contribution >= 0.6 is 0 Å². The molecule has 1 spiro atoms. The Balaban J connectivity index is 2.05. The summed E-state index contributed by atoms with van der Waals surface area (Å²) in [6.45, 7) is 13.3. The predicted molar refractivity (Wildman–Crippen MR) is 120 cm³/mol. The molecule has 3 fully saturated rings. The Labute approximate surface area is 192 Å². The molecule has 1 saturated carbocycles. The molecule has 3 rings (SSSR count). The topological polar surface area (TPSA) is 77.5 Å². The molecule has 0 radical (unpaired) electrons. The second-order valence-corrected chi connectivity index (χ2v) is 10.2. The molecule has 4 atom stereocenters. The fourth-order valence-electron chi connectivity index (χ4n) is 6.27. The van der Waals surface area contributed by atoms with Gasteiger partial charge in [-0.3, -0.25) is 9.69 Å². The second-order valence-electron chi connectivity index (χ2n) is 10.2. The lowest BCUT2D eigenvalue weighted by Crippen LogP contribution is -2.68. The third-order valence-electron chi connectivity index (χ3n) is 7.39. The molecule has 0 aromatic carbocycles. The predicted octanol–water partition coefficient (Wildman–Crippen LogP) is 3.20. The van der Waals surface area contributed by atoms with Crippen molar-refractivity contribution in [1.29, 1.82) is 0 Å². The maximum atomic E-state index is 13.1. The maximum Gasteiger partial charge on any atom is 0.410 e. The van der Waals surface area contributed by atoms with E-state index in [4.69, 9.17) is 18.9 Å². The van der Waals surface area contributed by atoms with Gasteiger partial charge in [0.1, 0.15) is 11.6 Å². The van der Waals surface area contributed by atoms with Crippen LogP contribution in [0.25, 0.3) is 0 Å². The first-order chi connectivity index (χ1) is 15.1. The van der Waals surface area contributed by atoms with Crippen molar-refractivity contribution in [2.45, 2.75) is 76.9 Å². The molecule has 8 nitrogen and oxygen atoms in total. The number of piperidine rings is 1. The van der Waals surface area contributed by atoms with Gasteiger partial charge >= 0.3 is 12.1 Å². The number of amides is 1. The van der Waals surface area contributed by atoms with Crippen molar-refractivity contribution in [2.75, 3.05) is 40.5 Å². The van der Waals surface area contributed by atoms with Crippen LogP contribution in [0.1, 0.15) is 53.4 Å². The molecule has 2 aliphatic heterocycles.